The largest absolute Gasteiger partial charge is 0.490 e. The monoisotopic (exact) mass is 301 g/mol. The van der Waals surface area contributed by atoms with Crippen LogP contribution < -0.4 is 20.4 Å². The van der Waals surface area contributed by atoms with Gasteiger partial charge in [0, 0.05) is 23.5 Å². The van der Waals surface area contributed by atoms with Gasteiger partial charge in [-0.15, -0.1) is 0 Å². The first-order chi connectivity index (χ1) is 10.7. The Hall–Kier alpha value is -2.01. The molecule has 5 nitrogen and oxygen atoms in total. The molecule has 3 atom stereocenters. The first-order valence-corrected chi connectivity index (χ1v) is 7.76. The lowest BCUT2D eigenvalue weighted by Gasteiger charge is -2.29. The molecule has 2 aliphatic heterocycles. The second-order valence-electron chi connectivity index (χ2n) is 6.15. The molecule has 2 fully saturated rings. The van der Waals surface area contributed by atoms with E-state index in [0.29, 0.717) is 17.7 Å². The van der Waals surface area contributed by atoms with Crippen molar-refractivity contribution in [2.45, 2.75) is 43.9 Å². The average Bonchev–Trinajstić information content (AvgIpc) is 2.85. The van der Waals surface area contributed by atoms with Crippen molar-refractivity contribution in [2.24, 2.45) is 0 Å². The maximum Gasteiger partial charge on any atom is 0.379 e. The Morgan fingerprint density at radius 1 is 1.18 bits per heavy atom. The normalized spacial score (nSPS) is 27.0. The molecule has 4 rings (SSSR count). The van der Waals surface area contributed by atoms with E-state index in [1.54, 1.807) is 12.1 Å². The van der Waals surface area contributed by atoms with Crippen molar-refractivity contribution >= 4 is 11.0 Å². The number of hydrogen-bond donors (Lipinski definition) is 1. The third-order valence-corrected chi connectivity index (χ3v) is 4.63. The van der Waals surface area contributed by atoms with E-state index in [2.05, 4.69) is 5.32 Å². The van der Waals surface area contributed by atoms with Crippen molar-refractivity contribution in [3.8, 4) is 11.5 Å². The van der Waals surface area contributed by atoms with Crippen LogP contribution in [0.2, 0.25) is 0 Å². The van der Waals surface area contributed by atoms with E-state index in [0.717, 1.165) is 24.0 Å². The minimum Gasteiger partial charge on any atom is -0.490 e. The van der Waals surface area contributed by atoms with Crippen LogP contribution in [0.4, 0.5) is 0 Å². The van der Waals surface area contributed by atoms with Gasteiger partial charge in [-0.1, -0.05) is 0 Å². The van der Waals surface area contributed by atoms with Gasteiger partial charge < -0.3 is 19.2 Å². The molecule has 2 aliphatic rings. The van der Waals surface area contributed by atoms with Gasteiger partial charge in [0.2, 0.25) is 5.75 Å². The molecule has 0 radical (unpaired) electrons. The molecule has 2 aromatic rings. The second-order valence-corrected chi connectivity index (χ2v) is 6.15. The average molecular weight is 301 g/mol. The number of nitrogens with one attached hydrogen (secondary N) is 1. The highest BCUT2D eigenvalue weighted by atomic mass is 16.5. The summed E-state index contributed by atoms with van der Waals surface area (Å²) >= 11 is 0. The Labute approximate surface area is 128 Å². The Morgan fingerprint density at radius 2 is 1.95 bits per heavy atom. The van der Waals surface area contributed by atoms with Gasteiger partial charge >= 0.3 is 5.63 Å². The van der Waals surface area contributed by atoms with Gasteiger partial charge in [0.15, 0.2) is 0 Å². The summed E-state index contributed by atoms with van der Waals surface area (Å²) in [6.07, 6.45) is 4.82. The molecule has 2 saturated heterocycles. The van der Waals surface area contributed by atoms with Crippen LogP contribution in [0, 0.1) is 0 Å². The molecule has 1 aromatic carbocycles. The van der Waals surface area contributed by atoms with Gasteiger partial charge in [-0.05, 0) is 43.9 Å². The minimum atomic E-state index is -0.466. The number of rotatable bonds is 3. The van der Waals surface area contributed by atoms with Gasteiger partial charge in [0.05, 0.1) is 7.11 Å². The fourth-order valence-electron chi connectivity index (χ4n) is 3.58. The lowest BCUT2D eigenvalue weighted by atomic mass is 10.0. The third-order valence-electron chi connectivity index (χ3n) is 4.63. The highest BCUT2D eigenvalue weighted by Crippen LogP contribution is 2.30. The fraction of sp³-hybridized carbons (Fsp3) is 0.471. The van der Waals surface area contributed by atoms with Crippen LogP contribution >= 0.6 is 0 Å². The van der Waals surface area contributed by atoms with Crippen molar-refractivity contribution < 1.29 is 13.9 Å². The maximum absolute atomic E-state index is 11.7. The van der Waals surface area contributed by atoms with E-state index in [4.69, 9.17) is 13.9 Å². The molecule has 0 spiro atoms. The SMILES string of the molecule is COc1cc2ccc(O[C@@H]3C[C@H]4CC[C@@H](C3)N4)cc2oc1=O. The van der Waals surface area contributed by atoms with E-state index in [9.17, 15) is 4.79 Å². The molecule has 0 saturated carbocycles. The Morgan fingerprint density at radius 3 is 2.68 bits per heavy atom. The van der Waals surface area contributed by atoms with E-state index in [1.807, 2.05) is 12.1 Å². The van der Waals surface area contributed by atoms with Crippen LogP contribution in [0.15, 0.2) is 33.5 Å². The zero-order chi connectivity index (χ0) is 15.1. The van der Waals surface area contributed by atoms with Crippen LogP contribution in [0.25, 0.3) is 11.0 Å². The first kappa shape index (κ1) is 13.6. The van der Waals surface area contributed by atoms with Gasteiger partial charge in [-0.25, -0.2) is 4.79 Å². The van der Waals surface area contributed by atoms with Crippen molar-refractivity contribution in [2.75, 3.05) is 7.11 Å². The van der Waals surface area contributed by atoms with Crippen LogP contribution in [0.1, 0.15) is 25.7 Å². The summed E-state index contributed by atoms with van der Waals surface area (Å²) in [5.74, 6) is 0.975. The van der Waals surface area contributed by atoms with Crippen molar-refractivity contribution in [1.82, 2.24) is 5.32 Å². The molecule has 2 bridgehead atoms. The molecule has 0 aliphatic carbocycles. The Balaban J connectivity index is 1.58. The predicted molar refractivity (Wildman–Crippen MR) is 82.6 cm³/mol. The zero-order valence-corrected chi connectivity index (χ0v) is 12.5. The summed E-state index contributed by atoms with van der Waals surface area (Å²) < 4.78 is 16.4. The van der Waals surface area contributed by atoms with Crippen LogP contribution in [-0.2, 0) is 0 Å². The molecule has 5 heteroatoms. The third kappa shape index (κ3) is 2.46. The molecule has 116 valence electrons. The molecule has 0 amide bonds. The Bertz CT molecular complexity index is 742. The summed E-state index contributed by atoms with van der Waals surface area (Å²) in [5.41, 5.74) is 0.0623. The van der Waals surface area contributed by atoms with Gasteiger partial charge in [0.1, 0.15) is 17.4 Å². The molecular weight excluding hydrogens is 282 g/mol. The van der Waals surface area contributed by atoms with E-state index in [-0.39, 0.29) is 11.9 Å². The fourth-order valence-corrected chi connectivity index (χ4v) is 3.58. The topological polar surface area (TPSA) is 60.7 Å². The second kappa shape index (κ2) is 5.32. The van der Waals surface area contributed by atoms with Gasteiger partial charge in [0.25, 0.3) is 0 Å². The van der Waals surface area contributed by atoms with Crippen LogP contribution in [0.3, 0.4) is 0 Å². The summed E-state index contributed by atoms with van der Waals surface area (Å²) in [5, 5.41) is 4.43. The summed E-state index contributed by atoms with van der Waals surface area (Å²) in [6, 6.07) is 8.48. The number of hydrogen-bond acceptors (Lipinski definition) is 5. The molecule has 3 heterocycles. The smallest absolute Gasteiger partial charge is 0.379 e. The zero-order valence-electron chi connectivity index (χ0n) is 12.5. The number of methoxy groups -OCH3 is 1. The number of ether oxygens (including phenoxy) is 2. The van der Waals surface area contributed by atoms with E-state index < -0.39 is 5.63 Å². The van der Waals surface area contributed by atoms with Gasteiger partial charge in [-0.2, -0.15) is 0 Å². The predicted octanol–water partition coefficient (Wildman–Crippen LogP) is 2.46. The minimum absolute atomic E-state index is 0.219. The highest BCUT2D eigenvalue weighted by molar-refractivity contribution is 5.79. The molecule has 0 unspecified atom stereocenters. The summed E-state index contributed by atoms with van der Waals surface area (Å²) in [4.78, 5) is 11.7. The van der Waals surface area contributed by atoms with E-state index in [1.165, 1.54) is 20.0 Å². The maximum atomic E-state index is 11.7. The Kier molecular flexibility index (Phi) is 3.30. The van der Waals surface area contributed by atoms with E-state index >= 15 is 0 Å². The van der Waals surface area contributed by atoms with Crippen molar-refractivity contribution in [3.05, 3.63) is 34.7 Å². The van der Waals surface area contributed by atoms with Crippen molar-refractivity contribution in [3.63, 3.8) is 0 Å². The number of piperidine rings is 1. The quantitative estimate of drug-likeness (QED) is 0.882. The first-order valence-electron chi connectivity index (χ1n) is 7.76. The number of benzene rings is 1. The molecule has 22 heavy (non-hydrogen) atoms. The number of fused-ring (bicyclic) bond motifs is 3. The van der Waals surface area contributed by atoms with Crippen molar-refractivity contribution in [1.29, 1.82) is 0 Å². The molecule has 1 aromatic heterocycles. The standard InChI is InChI=1S/C17H19NO4/c1-20-16-6-10-2-5-13(9-15(10)22-17(16)19)21-14-7-11-3-4-12(8-14)18-11/h2,5-6,9,11-12,14,18H,3-4,7-8H2,1H3/t11-,12+,14-. The molecular formula is C17H19NO4. The lowest BCUT2D eigenvalue weighted by molar-refractivity contribution is 0.137. The van der Waals surface area contributed by atoms with Gasteiger partial charge in [-0.3, -0.25) is 0 Å². The summed E-state index contributed by atoms with van der Waals surface area (Å²) in [7, 11) is 1.46. The highest BCUT2D eigenvalue weighted by Gasteiger charge is 2.34. The van der Waals surface area contributed by atoms with Crippen LogP contribution in [-0.4, -0.2) is 25.3 Å². The lowest BCUT2D eigenvalue weighted by Crippen LogP contribution is -2.42. The van der Waals surface area contributed by atoms with Crippen LogP contribution in [0.5, 0.6) is 11.5 Å². The summed E-state index contributed by atoms with van der Waals surface area (Å²) in [6.45, 7) is 0. The molecule has 1 N–H and O–H groups in total.